The molecule has 9 nitrogen and oxygen atoms in total. The first-order chi connectivity index (χ1) is 49.1. The Morgan fingerprint density at radius 3 is 0.757 bits per heavy atom. The van der Waals surface area contributed by atoms with Gasteiger partial charge in [-0.05, 0) is 155 Å². The van der Waals surface area contributed by atoms with E-state index in [-0.39, 0.29) is 36.4 Å². The number of rotatable bonds is 15. The predicted octanol–water partition coefficient (Wildman–Crippen LogP) is 22.5. The number of aromatic nitrogens is 3. The van der Waals surface area contributed by atoms with E-state index >= 15 is 0 Å². The molecule has 0 saturated carbocycles. The van der Waals surface area contributed by atoms with Gasteiger partial charge in [-0.1, -0.05) is 258 Å². The Morgan fingerprint density at radius 2 is 0.515 bits per heavy atom. The van der Waals surface area contributed by atoms with Gasteiger partial charge in [0.1, 0.15) is 0 Å². The second kappa shape index (κ2) is 29.7. The summed E-state index contributed by atoms with van der Waals surface area (Å²) in [6.07, 6.45) is 5.53. The Bertz CT molecular complexity index is 4860. The fourth-order valence-electron chi connectivity index (χ4n) is 13.4. The summed E-state index contributed by atoms with van der Waals surface area (Å²) in [6, 6.07) is 90.3. The molecule has 3 aromatic heterocycles. The van der Waals surface area contributed by atoms with Gasteiger partial charge in [0, 0.05) is 18.6 Å². The number of hydrogen-bond donors (Lipinski definition) is 0. The van der Waals surface area contributed by atoms with Crippen LogP contribution >= 0.6 is 0 Å². The molecule has 0 aliphatic carbocycles. The molecule has 13 rings (SSSR count). The quantitative estimate of drug-likeness (QED) is 0.0562. The summed E-state index contributed by atoms with van der Waals surface area (Å²) in [6.45, 7) is 19.7. The van der Waals surface area contributed by atoms with Crippen LogP contribution in [0.25, 0.3) is 134 Å². The van der Waals surface area contributed by atoms with Gasteiger partial charge >= 0.3 is 38.0 Å². The normalized spacial score (nSPS) is 11.5. The van der Waals surface area contributed by atoms with Crippen LogP contribution < -0.4 is 0 Å². The Morgan fingerprint density at radius 1 is 0.282 bits per heavy atom. The van der Waals surface area contributed by atoms with E-state index in [1.54, 1.807) is 18.2 Å². The molecule has 3 heterocycles. The van der Waals surface area contributed by atoms with Crippen LogP contribution in [0.1, 0.15) is 110 Å². The van der Waals surface area contributed by atoms with E-state index < -0.39 is 17.9 Å². The number of hydrogen-bond acceptors (Lipinski definition) is 9. The van der Waals surface area contributed by atoms with Crippen molar-refractivity contribution in [2.24, 2.45) is 0 Å². The molecule has 0 unspecified atom stereocenters. The first kappa shape index (κ1) is 71.5. The second-order valence-electron chi connectivity index (χ2n) is 28.6. The van der Waals surface area contributed by atoms with E-state index in [0.29, 0.717) is 33.4 Å². The first-order valence-electron chi connectivity index (χ1n) is 34.2. The topological polar surface area (TPSA) is 118 Å². The Hall–Kier alpha value is -11.3. The van der Waals surface area contributed by atoms with Crippen molar-refractivity contribution in [2.75, 3.05) is 21.3 Å². The largest absolute Gasteiger partial charge is 3.00 e. The zero-order chi connectivity index (χ0) is 71.6. The Labute approximate surface area is 618 Å². The summed E-state index contributed by atoms with van der Waals surface area (Å²) in [7, 11) is 4.21. The number of esters is 3. The maximum atomic E-state index is 13.9. The predicted molar refractivity (Wildman–Crippen MR) is 412 cm³/mol. The van der Waals surface area contributed by atoms with Gasteiger partial charge in [0.05, 0.1) is 38.0 Å². The van der Waals surface area contributed by atoms with Crippen LogP contribution in [-0.2, 0) is 50.6 Å². The number of methoxy groups -OCH3 is 3. The van der Waals surface area contributed by atoms with Crippen molar-refractivity contribution in [2.45, 2.75) is 78.6 Å². The van der Waals surface area contributed by atoms with Crippen molar-refractivity contribution in [3.63, 3.8) is 0 Å². The van der Waals surface area contributed by atoms with Gasteiger partial charge in [-0.15, -0.1) is 71.3 Å². The molecular formula is C93H78IrN3O6. The molecule has 0 aliphatic rings. The smallest absolute Gasteiger partial charge is 0.465 e. The van der Waals surface area contributed by atoms with Crippen molar-refractivity contribution in [3.05, 3.63) is 307 Å². The molecule has 0 amide bonds. The molecular weight excluding hydrogens is 1450 g/mol. The molecule has 10 heteroatoms. The second-order valence-corrected chi connectivity index (χ2v) is 28.6. The Kier molecular flexibility index (Phi) is 20.6. The van der Waals surface area contributed by atoms with Gasteiger partial charge in [0.15, 0.2) is 0 Å². The summed E-state index contributed by atoms with van der Waals surface area (Å²) in [5.74, 6) is -1.39. The number of carbonyl (C=O) groups excluding carboxylic acids is 3. The third-order valence-electron chi connectivity index (χ3n) is 18.9. The fraction of sp³-hybridized carbons (Fsp3) is 0.161. The van der Waals surface area contributed by atoms with Crippen LogP contribution in [-0.4, -0.2) is 54.2 Å². The third-order valence-corrected chi connectivity index (χ3v) is 18.9. The number of ether oxygens (including phenoxy) is 3. The molecule has 0 N–H and O–H groups in total. The fourth-order valence-corrected chi connectivity index (χ4v) is 13.4. The number of pyridine rings is 3. The molecule has 0 saturated heterocycles. The van der Waals surface area contributed by atoms with Gasteiger partial charge < -0.3 is 29.2 Å². The average Bonchev–Trinajstić information content (AvgIpc) is 0.761. The van der Waals surface area contributed by atoms with E-state index in [9.17, 15) is 14.4 Å². The SMILES string of the molecule is COC(=O)c1ccccc1-c1cc(-c2cc(C(C)(C)C)ccn2)[c-]cc1-c1ccccc1-c1cc(-c2ccccc2-c2c[c-]c(-c3cc(C(C)(C)C)ccn3)cc2-c2ccccc2C(=O)OC)cc(-c2ccccc2-c2c[c-]c(-c3cc(C(C)(C)C)ccn3)cc2-c2ccccc2C(=O)OC)c1.[Ir+3]. The molecule has 0 spiro atoms. The van der Waals surface area contributed by atoms with Gasteiger partial charge in [0.2, 0.25) is 0 Å². The summed E-state index contributed by atoms with van der Waals surface area (Å²) in [4.78, 5) is 56.5. The molecule has 0 aliphatic heterocycles. The monoisotopic (exact) mass is 1530 g/mol. The minimum absolute atomic E-state index is 0. The summed E-state index contributed by atoms with van der Waals surface area (Å²) in [5, 5.41) is 0. The maximum Gasteiger partial charge on any atom is 3.00 e. The standard InChI is InChI=1S/C93H78N3O6.Ir/c1-91(2,3)64-43-46-94-85(55-64)58-37-40-76(82(52-58)73-31-19-22-34-79(73)88(97)100-10)70-28-16-13-25-67(70)61-49-62(68-26-14-17-29-71(68)77-41-38-59(86-56-65(44-47-95-86)92(4,5)6)53-83(77)74-32-20-23-35-80(74)89(98)101-11)51-63(50-61)69-27-15-18-30-72(69)78-42-39-60(87-57-66(45-48-96-87)93(7,8)9)54-84(78)75-33-21-24-36-81(75)90(99)102-12;/h13-36,40-57H,1-12H3;/q-3;+3. The number of nitrogens with zero attached hydrogens (tertiary/aromatic N) is 3. The van der Waals surface area contributed by atoms with Crippen molar-refractivity contribution in [3.8, 4) is 134 Å². The molecule has 13 aromatic rings. The van der Waals surface area contributed by atoms with E-state index in [1.165, 1.54) is 21.3 Å². The van der Waals surface area contributed by atoms with E-state index in [0.717, 1.165) is 134 Å². The van der Waals surface area contributed by atoms with E-state index in [1.807, 2.05) is 128 Å². The molecule has 103 heavy (non-hydrogen) atoms. The maximum absolute atomic E-state index is 13.9. The van der Waals surface area contributed by atoms with Crippen LogP contribution in [0.4, 0.5) is 0 Å². The summed E-state index contributed by atoms with van der Waals surface area (Å²) >= 11 is 0. The summed E-state index contributed by atoms with van der Waals surface area (Å²) < 4.78 is 16.4. The van der Waals surface area contributed by atoms with Gasteiger partial charge in [-0.2, -0.15) is 0 Å². The molecule has 0 radical (unpaired) electrons. The van der Waals surface area contributed by atoms with Crippen molar-refractivity contribution >= 4 is 17.9 Å². The summed E-state index contributed by atoms with van der Waals surface area (Å²) in [5.41, 5.74) is 23.5. The number of benzene rings is 10. The minimum atomic E-state index is -0.465. The molecule has 0 fully saturated rings. The van der Waals surface area contributed by atoms with Crippen LogP contribution in [0.15, 0.2) is 255 Å². The van der Waals surface area contributed by atoms with Crippen LogP contribution in [0.3, 0.4) is 0 Å². The van der Waals surface area contributed by atoms with Crippen LogP contribution in [0, 0.1) is 18.2 Å². The van der Waals surface area contributed by atoms with Crippen LogP contribution in [0.5, 0.6) is 0 Å². The van der Waals surface area contributed by atoms with Gasteiger partial charge in [-0.3, -0.25) is 0 Å². The first-order valence-corrected chi connectivity index (χ1v) is 34.2. The zero-order valence-electron chi connectivity index (χ0n) is 59.9. The zero-order valence-corrected chi connectivity index (χ0v) is 62.3. The molecule has 0 bridgehead atoms. The van der Waals surface area contributed by atoms with Gasteiger partial charge in [0.25, 0.3) is 0 Å². The van der Waals surface area contributed by atoms with Crippen molar-refractivity contribution < 1.29 is 48.7 Å². The molecule has 510 valence electrons. The third kappa shape index (κ3) is 14.8. The average molecular weight is 1530 g/mol. The van der Waals surface area contributed by atoms with E-state index in [4.69, 9.17) is 29.2 Å². The Balaban J connectivity index is 0.00001000. The number of carbonyl (C=O) groups is 3. The minimum Gasteiger partial charge on any atom is -0.465 e. The van der Waals surface area contributed by atoms with Gasteiger partial charge in [-0.25, -0.2) is 14.4 Å². The van der Waals surface area contributed by atoms with E-state index in [2.05, 4.69) is 190 Å². The van der Waals surface area contributed by atoms with Crippen molar-refractivity contribution in [1.82, 2.24) is 15.0 Å². The molecule has 10 aromatic carbocycles. The van der Waals surface area contributed by atoms with Crippen molar-refractivity contribution in [1.29, 1.82) is 0 Å². The molecule has 0 atom stereocenters. The van der Waals surface area contributed by atoms with Crippen LogP contribution in [0.2, 0.25) is 0 Å².